The summed E-state index contributed by atoms with van der Waals surface area (Å²) < 4.78 is 0. The minimum atomic E-state index is -1.65. The van der Waals surface area contributed by atoms with Gasteiger partial charge < -0.3 is 79.3 Å². The summed E-state index contributed by atoms with van der Waals surface area (Å²) in [7, 11) is 0. The van der Waals surface area contributed by atoms with Crippen molar-refractivity contribution in [3.8, 4) is 0 Å². The van der Waals surface area contributed by atoms with Gasteiger partial charge in [0.15, 0.2) is 0 Å². The van der Waals surface area contributed by atoms with Crippen molar-refractivity contribution in [3.05, 3.63) is 0 Å². The van der Waals surface area contributed by atoms with Gasteiger partial charge in [-0.05, 0) is 84.1 Å². The smallest absolute Gasteiger partial charge is 0.326 e. The molecule has 2 aliphatic heterocycles. The third-order valence-corrected chi connectivity index (χ3v) is 11.9. The average molecular weight is 970 g/mol. The lowest BCUT2D eigenvalue weighted by Gasteiger charge is -2.35. The van der Waals surface area contributed by atoms with Crippen molar-refractivity contribution < 1.29 is 73.2 Å². The lowest BCUT2D eigenvalue weighted by molar-refractivity contribution is -0.149. The number of aliphatic hydroxyl groups excluding tert-OH is 2. The second kappa shape index (κ2) is 28.4. The average Bonchev–Trinajstić information content (AvgIpc) is 3.99. The lowest BCUT2D eigenvalue weighted by atomic mass is 9.96. The van der Waals surface area contributed by atoms with Crippen LogP contribution in [0.4, 0.5) is 0 Å². The number of carboxylic acid groups (broad SMARTS) is 2. The Hall–Kier alpha value is -5.99. The lowest BCUT2D eigenvalue weighted by Crippen LogP contribution is -2.61. The van der Waals surface area contributed by atoms with Gasteiger partial charge >= 0.3 is 11.9 Å². The summed E-state index contributed by atoms with van der Waals surface area (Å²) in [6.07, 6.45) is -0.285. The van der Waals surface area contributed by atoms with Crippen LogP contribution in [-0.4, -0.2) is 182 Å². The van der Waals surface area contributed by atoms with Gasteiger partial charge in [0.25, 0.3) is 0 Å². The first-order valence-corrected chi connectivity index (χ1v) is 22.9. The minimum Gasteiger partial charge on any atom is -0.481 e. The van der Waals surface area contributed by atoms with E-state index in [0.717, 1.165) is 0 Å². The van der Waals surface area contributed by atoms with Gasteiger partial charge in [0, 0.05) is 25.9 Å². The largest absolute Gasteiger partial charge is 0.481 e. The Kier molecular flexibility index (Phi) is 24.3. The number of nitrogens with two attached hydrogens (primary N) is 3. The van der Waals surface area contributed by atoms with Crippen molar-refractivity contribution in [1.82, 2.24) is 41.7 Å². The van der Waals surface area contributed by atoms with Crippen molar-refractivity contribution in [2.75, 3.05) is 26.2 Å². The second-order valence-electron chi connectivity index (χ2n) is 17.2. The molecule has 0 radical (unpaired) electrons. The molecule has 2 heterocycles. The van der Waals surface area contributed by atoms with Gasteiger partial charge in [0.2, 0.25) is 53.2 Å². The van der Waals surface area contributed by atoms with Gasteiger partial charge in [-0.25, -0.2) is 4.79 Å². The fourth-order valence-corrected chi connectivity index (χ4v) is 7.68. The normalized spacial score (nSPS) is 19.6. The summed E-state index contributed by atoms with van der Waals surface area (Å²) >= 11 is 0. The number of nitrogens with one attached hydrogen (secondary N) is 6. The highest BCUT2D eigenvalue weighted by Gasteiger charge is 2.45. The van der Waals surface area contributed by atoms with Crippen LogP contribution in [0.25, 0.3) is 0 Å². The molecule has 26 nitrogen and oxygen atoms in total. The first-order valence-electron chi connectivity index (χ1n) is 22.9. The maximum Gasteiger partial charge on any atom is 0.326 e. The third-order valence-electron chi connectivity index (χ3n) is 11.9. The number of aliphatic carboxylic acids is 2. The number of rotatable bonds is 29. The van der Waals surface area contributed by atoms with Gasteiger partial charge in [-0.2, -0.15) is 0 Å². The number of unbranched alkanes of at least 4 members (excludes halogenated alkanes) is 1. The van der Waals surface area contributed by atoms with Gasteiger partial charge in [-0.3, -0.25) is 47.9 Å². The summed E-state index contributed by atoms with van der Waals surface area (Å²) in [4.78, 5) is 145. The minimum absolute atomic E-state index is 0.0618. The summed E-state index contributed by atoms with van der Waals surface area (Å²) in [5, 5.41) is 53.2. The van der Waals surface area contributed by atoms with E-state index in [1.165, 1.54) is 23.6 Å². The first kappa shape index (κ1) is 58.1. The van der Waals surface area contributed by atoms with E-state index in [2.05, 4.69) is 31.9 Å². The molecule has 26 heteroatoms. The Balaban J connectivity index is 2.19. The van der Waals surface area contributed by atoms with Gasteiger partial charge in [-0.1, -0.05) is 20.3 Å². The topological polar surface area (TPSA) is 425 Å². The highest BCUT2D eigenvalue weighted by molar-refractivity contribution is 5.98. The molecule has 2 aliphatic rings. The van der Waals surface area contributed by atoms with E-state index in [4.69, 9.17) is 22.3 Å². The van der Waals surface area contributed by atoms with E-state index >= 15 is 0 Å². The molecule has 0 aliphatic carbocycles. The van der Waals surface area contributed by atoms with Crippen LogP contribution in [0.2, 0.25) is 0 Å². The van der Waals surface area contributed by atoms with Crippen LogP contribution in [-0.2, 0) is 52.7 Å². The number of carbonyl (C=O) groups excluding carboxylic acids is 9. The fraction of sp³-hybridized carbons (Fsp3) is 0.738. The predicted octanol–water partition coefficient (Wildman–Crippen LogP) is -5.01. The van der Waals surface area contributed by atoms with E-state index in [0.29, 0.717) is 38.6 Å². The van der Waals surface area contributed by atoms with Crippen LogP contribution in [0.3, 0.4) is 0 Å². The van der Waals surface area contributed by atoms with E-state index in [9.17, 15) is 68.1 Å². The molecular weight excluding hydrogens is 899 g/mol. The standard InChI is InChI=1S/C42H71N11O15/c1-5-21(2)32(50-37(62)27(20-54)49-34(59)22(3)46-39(64)33(23(4)55)51-35(60)24(44)13-16-31(57)58)41(66)53-19-9-12-29(53)40(65)52-18-8-11-28(52)38(63)47-25(14-15-30(45)56)36(61)48-26(42(67)68)10-6-7-17-43/h21-29,32-33,54-55H,5-20,43-44H2,1-4H3,(H2,45,56)(H,46,64)(H,47,63)(H,48,61)(H,49,59)(H,50,62)(H,51,60)(H,57,58)(H,67,68)/t21-,22-,23+,24-,25-,26-,27-,28-,29-,32-,33-/m0/s1. The number of amides is 9. The number of hydrogen-bond donors (Lipinski definition) is 13. The van der Waals surface area contributed by atoms with Crippen LogP contribution in [0, 0.1) is 5.92 Å². The number of primary amides is 1. The zero-order chi connectivity index (χ0) is 51.4. The summed E-state index contributed by atoms with van der Waals surface area (Å²) in [5.41, 5.74) is 16.5. The molecule has 0 saturated carbocycles. The summed E-state index contributed by atoms with van der Waals surface area (Å²) in [6, 6.07) is -12.1. The molecule has 0 aromatic rings. The molecule has 16 N–H and O–H groups in total. The van der Waals surface area contributed by atoms with Crippen molar-refractivity contribution >= 4 is 65.1 Å². The Morgan fingerprint density at radius 3 is 1.81 bits per heavy atom. The van der Waals surface area contributed by atoms with Gasteiger partial charge in [0.05, 0.1) is 18.8 Å². The Bertz CT molecular complexity index is 1820. The number of aliphatic hydroxyl groups is 2. The Morgan fingerprint density at radius 2 is 1.25 bits per heavy atom. The highest BCUT2D eigenvalue weighted by atomic mass is 16.4. The van der Waals surface area contributed by atoms with Crippen LogP contribution in [0.15, 0.2) is 0 Å². The van der Waals surface area contributed by atoms with Crippen LogP contribution >= 0.6 is 0 Å². The van der Waals surface area contributed by atoms with E-state index in [1.807, 2.05) is 0 Å². The predicted molar refractivity (Wildman–Crippen MR) is 239 cm³/mol. The number of hydrogen-bond acceptors (Lipinski definition) is 15. The summed E-state index contributed by atoms with van der Waals surface area (Å²) in [5.74, 6) is -10.6. The zero-order valence-electron chi connectivity index (χ0n) is 39.1. The van der Waals surface area contributed by atoms with Crippen LogP contribution < -0.4 is 49.1 Å². The van der Waals surface area contributed by atoms with Crippen molar-refractivity contribution in [2.24, 2.45) is 23.1 Å². The van der Waals surface area contributed by atoms with Gasteiger partial charge in [-0.15, -0.1) is 0 Å². The molecule has 2 rings (SSSR count). The first-order chi connectivity index (χ1) is 32.0. The number of likely N-dealkylation sites (tertiary alicyclic amines) is 2. The second-order valence-corrected chi connectivity index (χ2v) is 17.2. The molecule has 0 bridgehead atoms. The molecule has 0 spiro atoms. The SMILES string of the molecule is CC[C@H](C)[C@H](NC(=O)[C@H](CO)NC(=O)[C@H](C)NC(=O)[C@@H](NC(=O)[C@@H](N)CCC(=O)O)[C@@H](C)O)C(=O)N1CCC[C@H]1C(=O)N1CCC[C@H]1C(=O)N[C@@H](CCC(N)=O)C(=O)N[C@@H](CCCCN)C(=O)O. The molecular formula is C42H71N11O15. The van der Waals surface area contributed by atoms with E-state index in [1.54, 1.807) is 13.8 Å². The molecule has 11 atom stereocenters. The third kappa shape index (κ3) is 17.6. The van der Waals surface area contributed by atoms with E-state index < -0.39 is 145 Å². The molecule has 0 aromatic carbocycles. The quantitative estimate of drug-likeness (QED) is 0.0312. The number of carboxylic acids is 2. The van der Waals surface area contributed by atoms with E-state index in [-0.39, 0.29) is 51.6 Å². The Labute approximate surface area is 393 Å². The molecule has 0 aromatic heterocycles. The molecule has 68 heavy (non-hydrogen) atoms. The van der Waals surface area contributed by atoms with Crippen molar-refractivity contribution in [2.45, 2.75) is 165 Å². The molecule has 2 fully saturated rings. The van der Waals surface area contributed by atoms with Gasteiger partial charge in [0.1, 0.15) is 48.3 Å². The monoisotopic (exact) mass is 970 g/mol. The molecule has 0 unspecified atom stereocenters. The fourth-order valence-electron chi connectivity index (χ4n) is 7.68. The van der Waals surface area contributed by atoms with Crippen molar-refractivity contribution in [1.29, 1.82) is 0 Å². The number of carbonyl (C=O) groups is 11. The maximum atomic E-state index is 14.3. The molecule has 384 valence electrons. The zero-order valence-corrected chi connectivity index (χ0v) is 39.1. The Morgan fingerprint density at radius 1 is 0.662 bits per heavy atom. The number of nitrogens with zero attached hydrogens (tertiary/aromatic N) is 2. The van der Waals surface area contributed by atoms with Crippen molar-refractivity contribution in [3.63, 3.8) is 0 Å². The van der Waals surface area contributed by atoms with Crippen LogP contribution in [0.1, 0.15) is 105 Å². The maximum absolute atomic E-state index is 14.3. The molecule has 2 saturated heterocycles. The van der Waals surface area contributed by atoms with Crippen LogP contribution in [0.5, 0.6) is 0 Å². The molecule has 9 amide bonds. The highest BCUT2D eigenvalue weighted by Crippen LogP contribution is 2.27. The summed E-state index contributed by atoms with van der Waals surface area (Å²) in [6.45, 7) is 5.39.